The topological polar surface area (TPSA) is 95.7 Å². The number of rotatable bonds is 5. The van der Waals surface area contributed by atoms with Gasteiger partial charge in [0.15, 0.2) is 17.3 Å². The zero-order chi connectivity index (χ0) is 23.9. The van der Waals surface area contributed by atoms with Crippen molar-refractivity contribution in [3.8, 4) is 17.2 Å². The van der Waals surface area contributed by atoms with Gasteiger partial charge in [0.2, 0.25) is 5.82 Å². The minimum absolute atomic E-state index is 0.0227. The summed E-state index contributed by atoms with van der Waals surface area (Å²) in [6, 6.07) is 9.45. The van der Waals surface area contributed by atoms with E-state index in [1.807, 2.05) is 0 Å². The number of aliphatic carboxylic acids is 1. The quantitative estimate of drug-likeness (QED) is 0.567. The SMILES string of the molecule is COc1cccc([C@@H]2O[C@@H](CC(=O)O)c3nnc(C(F)(F)F)n3-c3c(Cl)cccc32)c1OC. The molecule has 12 heteroatoms. The number of hydrogen-bond donors (Lipinski definition) is 1. The molecule has 0 spiro atoms. The van der Waals surface area contributed by atoms with E-state index in [4.69, 9.17) is 25.8 Å². The van der Waals surface area contributed by atoms with E-state index in [1.54, 1.807) is 24.3 Å². The minimum Gasteiger partial charge on any atom is -0.493 e. The predicted molar refractivity (Wildman–Crippen MR) is 109 cm³/mol. The zero-order valence-electron chi connectivity index (χ0n) is 17.3. The molecule has 2 heterocycles. The van der Waals surface area contributed by atoms with Gasteiger partial charge in [0.25, 0.3) is 0 Å². The largest absolute Gasteiger partial charge is 0.493 e. The van der Waals surface area contributed by atoms with E-state index >= 15 is 0 Å². The molecule has 1 N–H and O–H groups in total. The second-order valence-corrected chi connectivity index (χ2v) is 7.49. The maximum atomic E-state index is 13.8. The second-order valence-electron chi connectivity index (χ2n) is 7.08. The number of carbonyl (C=O) groups is 1. The van der Waals surface area contributed by atoms with Crippen molar-refractivity contribution in [1.29, 1.82) is 0 Å². The van der Waals surface area contributed by atoms with Gasteiger partial charge in [0.05, 0.1) is 31.4 Å². The van der Waals surface area contributed by atoms with Gasteiger partial charge in [-0.15, -0.1) is 10.2 Å². The summed E-state index contributed by atoms with van der Waals surface area (Å²) in [5, 5.41) is 16.3. The van der Waals surface area contributed by atoms with E-state index in [-0.39, 0.29) is 27.8 Å². The molecule has 33 heavy (non-hydrogen) atoms. The van der Waals surface area contributed by atoms with Crippen molar-refractivity contribution in [1.82, 2.24) is 14.8 Å². The smallest absolute Gasteiger partial charge is 0.452 e. The molecule has 0 saturated carbocycles. The number of fused-ring (bicyclic) bond motifs is 3. The Kier molecular flexibility index (Phi) is 5.93. The first-order chi connectivity index (χ1) is 15.7. The summed E-state index contributed by atoms with van der Waals surface area (Å²) in [4.78, 5) is 11.6. The number of halogens is 4. The molecule has 8 nitrogen and oxygen atoms in total. The fraction of sp³-hybridized carbons (Fsp3) is 0.286. The van der Waals surface area contributed by atoms with Gasteiger partial charge in [-0.2, -0.15) is 13.2 Å². The third-order valence-corrected chi connectivity index (χ3v) is 5.43. The molecule has 3 aromatic rings. The van der Waals surface area contributed by atoms with Crippen LogP contribution in [-0.2, 0) is 15.7 Å². The van der Waals surface area contributed by atoms with E-state index in [1.165, 1.54) is 26.4 Å². The Bertz CT molecular complexity index is 1210. The van der Waals surface area contributed by atoms with Crippen molar-refractivity contribution in [2.24, 2.45) is 0 Å². The van der Waals surface area contributed by atoms with Gasteiger partial charge in [-0.1, -0.05) is 35.9 Å². The van der Waals surface area contributed by atoms with Crippen molar-refractivity contribution >= 4 is 17.6 Å². The van der Waals surface area contributed by atoms with Crippen LogP contribution in [0.4, 0.5) is 13.2 Å². The van der Waals surface area contributed by atoms with Crippen LogP contribution < -0.4 is 9.47 Å². The van der Waals surface area contributed by atoms with Crippen LogP contribution in [0.25, 0.3) is 5.69 Å². The van der Waals surface area contributed by atoms with Crippen molar-refractivity contribution in [3.05, 3.63) is 64.2 Å². The number of aromatic nitrogens is 3. The van der Waals surface area contributed by atoms with Gasteiger partial charge in [0.1, 0.15) is 12.2 Å². The van der Waals surface area contributed by atoms with E-state index in [0.717, 1.165) is 4.57 Å². The molecular formula is C21H17ClF3N3O5. The maximum Gasteiger partial charge on any atom is 0.452 e. The van der Waals surface area contributed by atoms with Gasteiger partial charge >= 0.3 is 12.1 Å². The molecule has 4 rings (SSSR count). The molecule has 2 aromatic carbocycles. The van der Waals surface area contributed by atoms with Crippen LogP contribution in [0.3, 0.4) is 0 Å². The number of carboxylic acids is 1. The summed E-state index contributed by atoms with van der Waals surface area (Å²) >= 11 is 6.39. The highest BCUT2D eigenvalue weighted by molar-refractivity contribution is 6.32. The summed E-state index contributed by atoms with van der Waals surface area (Å²) in [7, 11) is 2.84. The third-order valence-electron chi connectivity index (χ3n) is 5.13. The fourth-order valence-corrected chi connectivity index (χ4v) is 4.11. The molecule has 0 radical (unpaired) electrons. The predicted octanol–water partition coefficient (Wildman–Crippen LogP) is 4.59. The molecule has 1 aliphatic rings. The van der Waals surface area contributed by atoms with Gasteiger partial charge in [-0.3, -0.25) is 9.36 Å². The van der Waals surface area contributed by atoms with Crippen LogP contribution >= 0.6 is 11.6 Å². The highest BCUT2D eigenvalue weighted by Gasteiger charge is 2.44. The lowest BCUT2D eigenvalue weighted by Crippen LogP contribution is -2.17. The fourth-order valence-electron chi connectivity index (χ4n) is 3.84. The summed E-state index contributed by atoms with van der Waals surface area (Å²) in [5.74, 6) is -2.33. The molecule has 0 unspecified atom stereocenters. The third kappa shape index (κ3) is 3.98. The lowest BCUT2D eigenvalue weighted by molar-refractivity contribution is -0.146. The number of nitrogens with zero attached hydrogens (tertiary/aromatic N) is 3. The highest BCUT2D eigenvalue weighted by Crippen LogP contribution is 2.48. The Morgan fingerprint density at radius 1 is 1.15 bits per heavy atom. The normalized spacial score (nSPS) is 17.6. The molecule has 1 aromatic heterocycles. The van der Waals surface area contributed by atoms with Crippen molar-refractivity contribution < 1.29 is 37.3 Å². The number of methoxy groups -OCH3 is 2. The second kappa shape index (κ2) is 8.56. The molecule has 0 saturated heterocycles. The molecule has 0 bridgehead atoms. The van der Waals surface area contributed by atoms with Crippen LogP contribution in [0, 0.1) is 0 Å². The number of carboxylic acid groups (broad SMARTS) is 1. The summed E-state index contributed by atoms with van der Waals surface area (Å²) in [6.07, 6.45) is -7.99. The Labute approximate surface area is 190 Å². The van der Waals surface area contributed by atoms with Gasteiger partial charge in [-0.05, 0) is 12.1 Å². The lowest BCUT2D eigenvalue weighted by Gasteiger charge is -2.24. The van der Waals surface area contributed by atoms with Gasteiger partial charge < -0.3 is 19.3 Å². The van der Waals surface area contributed by atoms with Gasteiger partial charge in [0, 0.05) is 11.1 Å². The number of benzene rings is 2. The Hall–Kier alpha value is -3.31. The average molecular weight is 484 g/mol. The standard InChI is InChI=1S/C21H17ClF3N3O5/c1-31-13-8-4-6-11(18(13)32-2)17-10-5-3-7-12(22)16(10)28-19(14(33-17)9-15(29)30)26-27-20(28)21(23,24)25/h3-8,14,17H,9H2,1-2H3,(H,29,30)/t14-,17+/m0/s1. The van der Waals surface area contributed by atoms with Crippen LogP contribution in [-0.4, -0.2) is 40.1 Å². The summed E-state index contributed by atoms with van der Waals surface area (Å²) in [6.45, 7) is 0. The Morgan fingerprint density at radius 2 is 1.85 bits per heavy atom. The summed E-state index contributed by atoms with van der Waals surface area (Å²) < 4.78 is 59.2. The first-order valence-electron chi connectivity index (χ1n) is 9.56. The lowest BCUT2D eigenvalue weighted by atomic mass is 9.98. The van der Waals surface area contributed by atoms with Crippen LogP contribution in [0.5, 0.6) is 11.5 Å². The molecule has 0 fully saturated rings. The molecule has 0 aliphatic carbocycles. The van der Waals surface area contributed by atoms with E-state index in [9.17, 15) is 23.1 Å². The molecule has 2 atom stereocenters. The van der Waals surface area contributed by atoms with Crippen LogP contribution in [0.1, 0.15) is 41.4 Å². The zero-order valence-corrected chi connectivity index (χ0v) is 18.0. The van der Waals surface area contributed by atoms with Crippen molar-refractivity contribution in [2.75, 3.05) is 14.2 Å². The minimum atomic E-state index is -4.89. The number of hydrogen-bond acceptors (Lipinski definition) is 6. The number of ether oxygens (including phenoxy) is 3. The number of alkyl halides is 3. The molecule has 0 amide bonds. The Balaban J connectivity index is 2.05. The average Bonchev–Trinajstić information content (AvgIpc) is 3.15. The monoisotopic (exact) mass is 483 g/mol. The van der Waals surface area contributed by atoms with Crippen molar-refractivity contribution in [3.63, 3.8) is 0 Å². The highest BCUT2D eigenvalue weighted by atomic mass is 35.5. The van der Waals surface area contributed by atoms with Crippen LogP contribution in [0.15, 0.2) is 36.4 Å². The van der Waals surface area contributed by atoms with Crippen molar-refractivity contribution in [2.45, 2.75) is 24.8 Å². The molecular weight excluding hydrogens is 467 g/mol. The first kappa shape index (κ1) is 22.9. The van der Waals surface area contributed by atoms with Gasteiger partial charge in [-0.25, -0.2) is 0 Å². The van der Waals surface area contributed by atoms with E-state index in [0.29, 0.717) is 11.3 Å². The molecule has 174 valence electrons. The molecule has 1 aliphatic heterocycles. The van der Waals surface area contributed by atoms with Crippen LogP contribution in [0.2, 0.25) is 5.02 Å². The van der Waals surface area contributed by atoms with E-state index < -0.39 is 36.6 Å². The van der Waals surface area contributed by atoms with E-state index in [2.05, 4.69) is 10.2 Å². The number of para-hydroxylation sites is 2. The summed E-state index contributed by atoms with van der Waals surface area (Å²) in [5.41, 5.74) is 0.589. The first-order valence-corrected chi connectivity index (χ1v) is 9.94. The Morgan fingerprint density at radius 3 is 2.48 bits per heavy atom. The maximum absolute atomic E-state index is 13.8.